The molecule has 2 aromatic rings. The molecule has 2 aromatic carbocycles. The zero-order valence-corrected chi connectivity index (χ0v) is 13.0. The van der Waals surface area contributed by atoms with Crippen molar-refractivity contribution >= 4 is 11.6 Å². The van der Waals surface area contributed by atoms with E-state index in [4.69, 9.17) is 16.3 Å². The molecule has 2 nitrogen and oxygen atoms in total. The summed E-state index contributed by atoms with van der Waals surface area (Å²) in [4.78, 5) is 0. The van der Waals surface area contributed by atoms with Gasteiger partial charge >= 0.3 is 0 Å². The van der Waals surface area contributed by atoms with Gasteiger partial charge in [-0.3, -0.25) is 0 Å². The third-order valence-electron chi connectivity index (χ3n) is 4.01. The molecule has 0 fully saturated rings. The third kappa shape index (κ3) is 3.39. The van der Waals surface area contributed by atoms with E-state index in [0.717, 1.165) is 36.6 Å². The van der Waals surface area contributed by atoms with Crippen molar-refractivity contribution in [3.8, 4) is 5.75 Å². The average molecular weight is 302 g/mol. The first-order valence-corrected chi connectivity index (χ1v) is 7.81. The lowest BCUT2D eigenvalue weighted by molar-refractivity contribution is 0.288. The largest absolute Gasteiger partial charge is 0.493 e. The molecule has 1 aliphatic heterocycles. The fourth-order valence-electron chi connectivity index (χ4n) is 2.88. The number of benzene rings is 2. The lowest BCUT2D eigenvalue weighted by Crippen LogP contribution is -2.19. The molecule has 21 heavy (non-hydrogen) atoms. The van der Waals surface area contributed by atoms with Gasteiger partial charge in [0.15, 0.2) is 0 Å². The predicted octanol–water partition coefficient (Wildman–Crippen LogP) is 4.17. The highest BCUT2D eigenvalue weighted by molar-refractivity contribution is 6.30. The molecule has 1 unspecified atom stereocenters. The minimum Gasteiger partial charge on any atom is -0.493 e. The summed E-state index contributed by atoms with van der Waals surface area (Å²) in [7, 11) is 2.01. The van der Waals surface area contributed by atoms with Gasteiger partial charge in [-0.15, -0.1) is 0 Å². The Labute approximate surface area is 131 Å². The summed E-state index contributed by atoms with van der Waals surface area (Å²) >= 11 is 6.08. The molecular formula is C18H20ClNO. The first-order chi connectivity index (χ1) is 10.3. The SMILES string of the molecule is CNC(Cc1cccc(Cl)c1)c1ccc2c(c1)CCCO2. The van der Waals surface area contributed by atoms with Gasteiger partial charge in [0.2, 0.25) is 0 Å². The Bertz CT molecular complexity index is 626. The molecule has 110 valence electrons. The number of aryl methyl sites for hydroxylation is 1. The molecular weight excluding hydrogens is 282 g/mol. The van der Waals surface area contributed by atoms with E-state index >= 15 is 0 Å². The maximum absolute atomic E-state index is 6.08. The Morgan fingerprint density at radius 1 is 1.24 bits per heavy atom. The Morgan fingerprint density at radius 3 is 2.95 bits per heavy atom. The van der Waals surface area contributed by atoms with Gasteiger partial charge in [0.1, 0.15) is 5.75 Å². The Balaban J connectivity index is 1.82. The first-order valence-electron chi connectivity index (χ1n) is 7.43. The lowest BCUT2D eigenvalue weighted by atomic mass is 9.95. The molecule has 1 aliphatic rings. The summed E-state index contributed by atoms with van der Waals surface area (Å²) in [6, 6.07) is 14.9. The van der Waals surface area contributed by atoms with Gasteiger partial charge < -0.3 is 10.1 Å². The summed E-state index contributed by atoms with van der Waals surface area (Å²) in [5, 5.41) is 4.20. The van der Waals surface area contributed by atoms with Crippen molar-refractivity contribution in [2.24, 2.45) is 0 Å². The molecule has 1 N–H and O–H groups in total. The summed E-state index contributed by atoms with van der Waals surface area (Å²) < 4.78 is 5.69. The first kappa shape index (κ1) is 14.4. The highest BCUT2D eigenvalue weighted by Crippen LogP contribution is 2.29. The Kier molecular flexibility index (Phi) is 4.47. The maximum Gasteiger partial charge on any atom is 0.122 e. The number of halogens is 1. The van der Waals surface area contributed by atoms with Crippen LogP contribution in [0.3, 0.4) is 0 Å². The van der Waals surface area contributed by atoms with Crippen molar-refractivity contribution in [1.29, 1.82) is 0 Å². The Hall–Kier alpha value is -1.51. The second kappa shape index (κ2) is 6.50. The number of hydrogen-bond acceptors (Lipinski definition) is 2. The number of fused-ring (bicyclic) bond motifs is 1. The van der Waals surface area contributed by atoms with Gasteiger partial charge in [0.25, 0.3) is 0 Å². The fourth-order valence-corrected chi connectivity index (χ4v) is 3.10. The van der Waals surface area contributed by atoms with Crippen molar-refractivity contribution in [1.82, 2.24) is 5.32 Å². The molecule has 3 heteroatoms. The highest BCUT2D eigenvalue weighted by Gasteiger charge is 2.15. The number of rotatable bonds is 4. The average Bonchev–Trinajstić information content (AvgIpc) is 2.52. The van der Waals surface area contributed by atoms with Gasteiger partial charge in [0, 0.05) is 11.1 Å². The van der Waals surface area contributed by atoms with Gasteiger partial charge in [-0.05, 0) is 61.2 Å². The summed E-state index contributed by atoms with van der Waals surface area (Å²) in [5.41, 5.74) is 3.88. The number of ether oxygens (including phenoxy) is 1. The van der Waals surface area contributed by atoms with Crippen molar-refractivity contribution < 1.29 is 4.74 Å². The molecule has 0 amide bonds. The van der Waals surface area contributed by atoms with E-state index in [2.05, 4.69) is 29.6 Å². The summed E-state index contributed by atoms with van der Waals surface area (Å²) in [6.45, 7) is 0.838. The number of nitrogens with one attached hydrogen (secondary N) is 1. The van der Waals surface area contributed by atoms with Crippen LogP contribution in [0.2, 0.25) is 5.02 Å². The fraction of sp³-hybridized carbons (Fsp3) is 0.333. The quantitative estimate of drug-likeness (QED) is 0.915. The Morgan fingerprint density at radius 2 is 2.14 bits per heavy atom. The summed E-state index contributed by atoms with van der Waals surface area (Å²) in [5.74, 6) is 1.04. The monoisotopic (exact) mass is 301 g/mol. The van der Waals surface area contributed by atoms with E-state index < -0.39 is 0 Å². The van der Waals surface area contributed by atoms with Crippen molar-refractivity contribution in [3.63, 3.8) is 0 Å². The zero-order valence-electron chi connectivity index (χ0n) is 12.2. The zero-order chi connectivity index (χ0) is 14.7. The van der Waals surface area contributed by atoms with Gasteiger partial charge in [-0.2, -0.15) is 0 Å². The molecule has 0 saturated carbocycles. The van der Waals surface area contributed by atoms with Gasteiger partial charge in [-0.25, -0.2) is 0 Å². The van der Waals surface area contributed by atoms with Crippen LogP contribution in [0, 0.1) is 0 Å². The standard InChI is InChI=1S/C18H20ClNO/c1-20-17(11-13-4-2-6-16(19)10-13)14-7-8-18-15(12-14)5-3-9-21-18/h2,4,6-8,10,12,17,20H,3,5,9,11H2,1H3. The van der Waals surface area contributed by atoms with E-state index in [9.17, 15) is 0 Å². The second-order valence-corrected chi connectivity index (χ2v) is 5.93. The van der Waals surface area contributed by atoms with Crippen molar-refractivity contribution in [3.05, 3.63) is 64.2 Å². The molecule has 0 aromatic heterocycles. The minimum absolute atomic E-state index is 0.288. The molecule has 0 saturated heterocycles. The lowest BCUT2D eigenvalue weighted by Gasteiger charge is -2.22. The highest BCUT2D eigenvalue weighted by atomic mass is 35.5. The van der Waals surface area contributed by atoms with Crippen LogP contribution in [0.5, 0.6) is 5.75 Å². The molecule has 1 heterocycles. The number of likely N-dealkylation sites (N-methyl/N-ethyl adjacent to an activating group) is 1. The normalized spacial score (nSPS) is 15.1. The predicted molar refractivity (Wildman–Crippen MR) is 87.2 cm³/mol. The van der Waals surface area contributed by atoms with Crippen LogP contribution in [0.25, 0.3) is 0 Å². The van der Waals surface area contributed by atoms with Crippen LogP contribution < -0.4 is 10.1 Å². The van der Waals surface area contributed by atoms with Crippen LogP contribution in [-0.2, 0) is 12.8 Å². The van der Waals surface area contributed by atoms with E-state index in [1.807, 2.05) is 25.2 Å². The van der Waals surface area contributed by atoms with Crippen LogP contribution in [0.4, 0.5) is 0 Å². The van der Waals surface area contributed by atoms with Gasteiger partial charge in [0.05, 0.1) is 6.61 Å². The number of hydrogen-bond donors (Lipinski definition) is 1. The van der Waals surface area contributed by atoms with Crippen molar-refractivity contribution in [2.45, 2.75) is 25.3 Å². The molecule has 3 rings (SSSR count). The van der Waals surface area contributed by atoms with Gasteiger partial charge in [-0.1, -0.05) is 35.9 Å². The minimum atomic E-state index is 0.288. The van der Waals surface area contributed by atoms with E-state index in [0.29, 0.717) is 0 Å². The molecule has 0 bridgehead atoms. The van der Waals surface area contributed by atoms with E-state index in [1.165, 1.54) is 16.7 Å². The van der Waals surface area contributed by atoms with E-state index in [1.54, 1.807) is 0 Å². The topological polar surface area (TPSA) is 21.3 Å². The smallest absolute Gasteiger partial charge is 0.122 e. The van der Waals surface area contributed by atoms with Crippen LogP contribution in [0.15, 0.2) is 42.5 Å². The van der Waals surface area contributed by atoms with E-state index in [-0.39, 0.29) is 6.04 Å². The third-order valence-corrected chi connectivity index (χ3v) is 4.25. The van der Waals surface area contributed by atoms with Crippen LogP contribution in [0.1, 0.15) is 29.2 Å². The van der Waals surface area contributed by atoms with Crippen molar-refractivity contribution in [2.75, 3.05) is 13.7 Å². The van der Waals surface area contributed by atoms with Crippen LogP contribution >= 0.6 is 11.6 Å². The second-order valence-electron chi connectivity index (χ2n) is 5.49. The molecule has 0 spiro atoms. The maximum atomic E-state index is 6.08. The molecule has 1 atom stereocenters. The molecule has 0 aliphatic carbocycles. The summed E-state index contributed by atoms with van der Waals surface area (Å²) in [6.07, 6.45) is 3.14. The van der Waals surface area contributed by atoms with Crippen LogP contribution in [-0.4, -0.2) is 13.7 Å². The molecule has 0 radical (unpaired) electrons.